The normalized spacial score (nSPS) is 12.2. The first-order chi connectivity index (χ1) is 10.6. The summed E-state index contributed by atoms with van der Waals surface area (Å²) in [5.74, 6) is 0.567. The summed E-state index contributed by atoms with van der Waals surface area (Å²) in [6, 6.07) is 15.6. The van der Waals surface area contributed by atoms with E-state index in [1.165, 1.54) is 0 Å². The molecule has 2 aromatic rings. The Morgan fingerprint density at radius 3 is 2.45 bits per heavy atom. The molecule has 0 bridgehead atoms. The van der Waals surface area contributed by atoms with Gasteiger partial charge in [-0.05, 0) is 49.5 Å². The summed E-state index contributed by atoms with van der Waals surface area (Å²) in [7, 11) is 4.03. The Morgan fingerprint density at radius 2 is 1.86 bits per heavy atom. The Bertz CT molecular complexity index is 611. The number of nitrogens with zero attached hydrogens (tertiary/aromatic N) is 1. The quantitative estimate of drug-likeness (QED) is 0.703. The Labute approximate surface area is 140 Å². The van der Waals surface area contributed by atoms with E-state index in [9.17, 15) is 4.79 Å². The predicted octanol–water partition coefficient (Wildman–Crippen LogP) is 3.72. The van der Waals surface area contributed by atoms with E-state index in [4.69, 9.17) is 4.74 Å². The molecular formula is C18H20BrNO2. The van der Waals surface area contributed by atoms with Gasteiger partial charge in [-0.25, -0.2) is 0 Å². The Balaban J connectivity index is 2.09. The number of rotatable bonds is 7. The topological polar surface area (TPSA) is 29.5 Å². The maximum Gasteiger partial charge on any atom is 0.131 e. The highest BCUT2D eigenvalue weighted by Crippen LogP contribution is 2.26. The predicted molar refractivity (Wildman–Crippen MR) is 92.5 cm³/mol. The lowest BCUT2D eigenvalue weighted by Crippen LogP contribution is -2.19. The minimum Gasteiger partial charge on any atom is -0.492 e. The van der Waals surface area contributed by atoms with Crippen LogP contribution in [0.2, 0.25) is 0 Å². The summed E-state index contributed by atoms with van der Waals surface area (Å²) in [5.41, 5.74) is 1.94. The monoisotopic (exact) mass is 361 g/mol. The number of carbonyl (C=O) groups is 1. The highest BCUT2D eigenvalue weighted by molar-refractivity contribution is 9.10. The average Bonchev–Trinajstić information content (AvgIpc) is 2.49. The number of aldehydes is 1. The second-order valence-corrected chi connectivity index (χ2v) is 6.31. The highest BCUT2D eigenvalue weighted by atomic mass is 79.9. The lowest BCUT2D eigenvalue weighted by atomic mass is 9.93. The Kier molecular flexibility index (Phi) is 6.16. The Hall–Kier alpha value is -1.65. The van der Waals surface area contributed by atoms with Crippen molar-refractivity contribution in [3.63, 3.8) is 0 Å². The van der Waals surface area contributed by atoms with Crippen LogP contribution in [-0.4, -0.2) is 38.4 Å². The fraction of sp³-hybridized carbons (Fsp3) is 0.278. The summed E-state index contributed by atoms with van der Waals surface area (Å²) in [4.78, 5) is 13.6. The smallest absolute Gasteiger partial charge is 0.131 e. The van der Waals surface area contributed by atoms with Crippen molar-refractivity contribution in [2.45, 2.75) is 5.92 Å². The van der Waals surface area contributed by atoms with Crippen LogP contribution in [0.15, 0.2) is 53.0 Å². The highest BCUT2D eigenvalue weighted by Gasteiger charge is 2.13. The molecule has 1 atom stereocenters. The first-order valence-electron chi connectivity index (χ1n) is 7.18. The summed E-state index contributed by atoms with van der Waals surface area (Å²) >= 11 is 3.44. The molecule has 0 saturated carbocycles. The molecule has 4 heteroatoms. The minimum atomic E-state index is -0.256. The molecule has 22 heavy (non-hydrogen) atoms. The molecule has 0 spiro atoms. The van der Waals surface area contributed by atoms with Crippen molar-refractivity contribution in [1.82, 2.24) is 4.90 Å². The van der Waals surface area contributed by atoms with Crippen molar-refractivity contribution in [3.8, 4) is 5.75 Å². The molecule has 0 aliphatic heterocycles. The van der Waals surface area contributed by atoms with E-state index in [0.717, 1.165) is 34.2 Å². The van der Waals surface area contributed by atoms with Gasteiger partial charge in [-0.2, -0.15) is 0 Å². The first-order valence-corrected chi connectivity index (χ1v) is 7.97. The van der Waals surface area contributed by atoms with E-state index < -0.39 is 0 Å². The van der Waals surface area contributed by atoms with Gasteiger partial charge in [0.15, 0.2) is 0 Å². The van der Waals surface area contributed by atoms with Crippen LogP contribution in [0.4, 0.5) is 0 Å². The van der Waals surface area contributed by atoms with E-state index in [2.05, 4.69) is 20.8 Å². The molecule has 0 saturated heterocycles. The van der Waals surface area contributed by atoms with Crippen molar-refractivity contribution in [2.75, 3.05) is 27.2 Å². The van der Waals surface area contributed by atoms with E-state index in [1.54, 1.807) is 0 Å². The molecule has 0 N–H and O–H groups in total. The van der Waals surface area contributed by atoms with Crippen molar-refractivity contribution in [2.24, 2.45) is 0 Å². The molecule has 2 rings (SSSR count). The lowest BCUT2D eigenvalue weighted by molar-refractivity contribution is -0.108. The van der Waals surface area contributed by atoms with Gasteiger partial charge in [0.05, 0.1) is 5.92 Å². The molecule has 3 nitrogen and oxygen atoms in total. The van der Waals surface area contributed by atoms with Gasteiger partial charge in [0.25, 0.3) is 0 Å². The first kappa shape index (κ1) is 16.7. The van der Waals surface area contributed by atoms with Crippen LogP contribution in [0.25, 0.3) is 0 Å². The van der Waals surface area contributed by atoms with Gasteiger partial charge in [-0.15, -0.1) is 0 Å². The van der Waals surface area contributed by atoms with E-state index in [-0.39, 0.29) is 5.92 Å². The SMILES string of the molecule is CN(C)CCOc1ccc([C@H](C=O)c2cccc(Br)c2)cc1. The van der Waals surface area contributed by atoms with Crippen molar-refractivity contribution in [3.05, 3.63) is 64.1 Å². The summed E-state index contributed by atoms with van der Waals surface area (Å²) in [5, 5.41) is 0. The molecule has 2 aromatic carbocycles. The second-order valence-electron chi connectivity index (χ2n) is 5.39. The summed E-state index contributed by atoms with van der Waals surface area (Å²) in [6.07, 6.45) is 0.976. The van der Waals surface area contributed by atoms with Gasteiger partial charge in [-0.3, -0.25) is 0 Å². The number of ether oxygens (including phenoxy) is 1. The third-order valence-electron chi connectivity index (χ3n) is 3.39. The van der Waals surface area contributed by atoms with Crippen LogP contribution in [0.1, 0.15) is 17.0 Å². The molecule has 116 valence electrons. The third-order valence-corrected chi connectivity index (χ3v) is 3.88. The van der Waals surface area contributed by atoms with E-state index in [0.29, 0.717) is 6.61 Å². The van der Waals surface area contributed by atoms with E-state index >= 15 is 0 Å². The number of benzene rings is 2. The van der Waals surface area contributed by atoms with Gasteiger partial charge in [0.1, 0.15) is 18.6 Å². The molecular weight excluding hydrogens is 342 g/mol. The maximum atomic E-state index is 11.5. The molecule has 0 aromatic heterocycles. The van der Waals surface area contributed by atoms with E-state index in [1.807, 2.05) is 62.6 Å². The van der Waals surface area contributed by atoms with Crippen LogP contribution in [-0.2, 0) is 4.79 Å². The summed E-state index contributed by atoms with van der Waals surface area (Å²) < 4.78 is 6.65. The largest absolute Gasteiger partial charge is 0.492 e. The Morgan fingerprint density at radius 1 is 1.14 bits per heavy atom. The number of hydrogen-bond donors (Lipinski definition) is 0. The molecule has 0 amide bonds. The summed E-state index contributed by atoms with van der Waals surface area (Å²) in [6.45, 7) is 1.52. The van der Waals surface area contributed by atoms with Crippen molar-refractivity contribution >= 4 is 22.2 Å². The van der Waals surface area contributed by atoms with Gasteiger partial charge in [0, 0.05) is 11.0 Å². The molecule has 0 heterocycles. The third kappa shape index (κ3) is 4.68. The maximum absolute atomic E-state index is 11.5. The number of halogens is 1. The van der Waals surface area contributed by atoms with Crippen molar-refractivity contribution in [1.29, 1.82) is 0 Å². The number of likely N-dealkylation sites (N-methyl/N-ethyl adjacent to an activating group) is 1. The minimum absolute atomic E-state index is 0.256. The number of carbonyl (C=O) groups excluding carboxylic acids is 1. The molecule has 0 aliphatic rings. The molecule has 0 aliphatic carbocycles. The van der Waals surface area contributed by atoms with Crippen LogP contribution < -0.4 is 4.74 Å². The molecule has 0 radical (unpaired) electrons. The second kappa shape index (κ2) is 8.11. The van der Waals surface area contributed by atoms with Crippen LogP contribution in [0.3, 0.4) is 0 Å². The van der Waals surface area contributed by atoms with Gasteiger partial charge < -0.3 is 14.4 Å². The zero-order valence-electron chi connectivity index (χ0n) is 12.8. The zero-order chi connectivity index (χ0) is 15.9. The average molecular weight is 362 g/mol. The van der Waals surface area contributed by atoms with Gasteiger partial charge in [0.2, 0.25) is 0 Å². The fourth-order valence-corrected chi connectivity index (χ4v) is 2.58. The number of hydrogen-bond acceptors (Lipinski definition) is 3. The standard InChI is InChI=1S/C18H20BrNO2/c1-20(2)10-11-22-17-8-6-14(7-9-17)18(13-21)15-4-3-5-16(19)12-15/h3-9,12-13,18H,10-11H2,1-2H3/t18-/m0/s1. The zero-order valence-corrected chi connectivity index (χ0v) is 14.4. The van der Waals surface area contributed by atoms with Crippen LogP contribution >= 0.6 is 15.9 Å². The molecule has 0 unspecified atom stereocenters. The lowest BCUT2D eigenvalue weighted by Gasteiger charge is -2.14. The van der Waals surface area contributed by atoms with Crippen LogP contribution in [0, 0.1) is 0 Å². The van der Waals surface area contributed by atoms with Crippen LogP contribution in [0.5, 0.6) is 5.75 Å². The van der Waals surface area contributed by atoms with Gasteiger partial charge in [-0.1, -0.05) is 40.2 Å². The van der Waals surface area contributed by atoms with Gasteiger partial charge >= 0.3 is 0 Å². The molecule has 0 fully saturated rings. The fourth-order valence-electron chi connectivity index (χ4n) is 2.17. The van der Waals surface area contributed by atoms with Crippen molar-refractivity contribution < 1.29 is 9.53 Å².